The van der Waals surface area contributed by atoms with E-state index in [1.165, 1.54) is 35.6 Å². The summed E-state index contributed by atoms with van der Waals surface area (Å²) in [5.41, 5.74) is 0.996. The van der Waals surface area contributed by atoms with Crippen LogP contribution in [-0.4, -0.2) is 46.7 Å². The number of hydrogen-bond acceptors (Lipinski definition) is 5. The van der Waals surface area contributed by atoms with Gasteiger partial charge in [0.05, 0.1) is 16.3 Å². The van der Waals surface area contributed by atoms with E-state index in [0.717, 1.165) is 19.3 Å². The van der Waals surface area contributed by atoms with Gasteiger partial charge in [-0.2, -0.15) is 4.31 Å². The number of rotatable bonds is 8. The molecule has 0 heterocycles. The monoisotopic (exact) mass is 479 g/mol. The third-order valence-electron chi connectivity index (χ3n) is 5.69. The van der Waals surface area contributed by atoms with Gasteiger partial charge in [0.15, 0.2) is 0 Å². The van der Waals surface area contributed by atoms with Crippen molar-refractivity contribution in [2.45, 2.75) is 54.9 Å². The molecule has 2 aromatic carbocycles. The number of carbonyl (C=O) groups excluding carboxylic acids is 1. The van der Waals surface area contributed by atoms with Crippen LogP contribution in [-0.2, 0) is 24.8 Å². The highest BCUT2D eigenvalue weighted by Gasteiger charge is 2.34. The van der Waals surface area contributed by atoms with Gasteiger partial charge in [-0.1, -0.05) is 43.5 Å². The van der Waals surface area contributed by atoms with E-state index in [4.69, 9.17) is 0 Å². The van der Waals surface area contributed by atoms with Gasteiger partial charge in [0.1, 0.15) is 0 Å². The maximum Gasteiger partial charge on any atom is 0.243 e. The Morgan fingerprint density at radius 1 is 0.969 bits per heavy atom. The standard InChI is InChI=1S/C22H29N3O5S2/c1-17-13-14-20(31(27,28)23-2)15-21(17)24-22(26)16-25(18-9-5-3-6-10-18)32(29,30)19-11-7-4-8-12-19/h4,7-8,11-15,18,23H,3,5-6,9-10,16H2,1-2H3,(H,24,26). The summed E-state index contributed by atoms with van der Waals surface area (Å²) in [6.07, 6.45) is 4.28. The molecule has 3 rings (SSSR count). The lowest BCUT2D eigenvalue weighted by molar-refractivity contribution is -0.116. The van der Waals surface area contributed by atoms with Gasteiger partial charge in [0.25, 0.3) is 0 Å². The van der Waals surface area contributed by atoms with Crippen LogP contribution in [0.3, 0.4) is 0 Å². The maximum absolute atomic E-state index is 13.4. The lowest BCUT2D eigenvalue weighted by Gasteiger charge is -2.33. The number of benzene rings is 2. The lowest BCUT2D eigenvalue weighted by Crippen LogP contribution is -2.45. The van der Waals surface area contributed by atoms with E-state index in [2.05, 4.69) is 10.0 Å². The molecule has 0 unspecified atom stereocenters. The van der Waals surface area contributed by atoms with Gasteiger partial charge in [-0.25, -0.2) is 21.6 Å². The third kappa shape index (κ3) is 5.55. The number of carbonyl (C=O) groups is 1. The van der Waals surface area contributed by atoms with Crippen molar-refractivity contribution in [3.8, 4) is 0 Å². The van der Waals surface area contributed by atoms with Crippen molar-refractivity contribution in [3.63, 3.8) is 0 Å². The quantitative estimate of drug-likeness (QED) is 0.605. The highest BCUT2D eigenvalue weighted by atomic mass is 32.2. The molecule has 0 radical (unpaired) electrons. The summed E-state index contributed by atoms with van der Waals surface area (Å²) in [6.45, 7) is 1.40. The minimum Gasteiger partial charge on any atom is -0.325 e. The number of nitrogens with one attached hydrogen (secondary N) is 2. The second-order valence-corrected chi connectivity index (χ2v) is 11.7. The van der Waals surface area contributed by atoms with Gasteiger partial charge in [-0.3, -0.25) is 4.79 Å². The van der Waals surface area contributed by atoms with Crippen molar-refractivity contribution in [1.82, 2.24) is 9.03 Å². The van der Waals surface area contributed by atoms with Crippen LogP contribution in [0, 0.1) is 6.92 Å². The second kappa shape index (κ2) is 10.1. The summed E-state index contributed by atoms with van der Waals surface area (Å²) in [5.74, 6) is -0.516. The number of aryl methyl sites for hydroxylation is 1. The first-order valence-electron chi connectivity index (χ1n) is 10.6. The molecular formula is C22H29N3O5S2. The minimum atomic E-state index is -3.87. The maximum atomic E-state index is 13.4. The molecule has 1 aliphatic carbocycles. The normalized spacial score (nSPS) is 15.6. The summed E-state index contributed by atoms with van der Waals surface area (Å²) in [4.78, 5) is 13.1. The van der Waals surface area contributed by atoms with Crippen LogP contribution in [0.15, 0.2) is 58.3 Å². The first-order chi connectivity index (χ1) is 15.1. The summed E-state index contributed by atoms with van der Waals surface area (Å²) < 4.78 is 54.5. The molecular weight excluding hydrogens is 450 g/mol. The van der Waals surface area contributed by atoms with E-state index < -0.39 is 26.0 Å². The average Bonchev–Trinajstić information content (AvgIpc) is 2.80. The Kier molecular flexibility index (Phi) is 7.71. The van der Waals surface area contributed by atoms with Crippen LogP contribution in [0.25, 0.3) is 0 Å². The predicted octanol–water partition coefficient (Wildman–Crippen LogP) is 2.87. The largest absolute Gasteiger partial charge is 0.325 e. The predicted molar refractivity (Wildman–Crippen MR) is 123 cm³/mol. The first-order valence-corrected chi connectivity index (χ1v) is 13.5. The van der Waals surface area contributed by atoms with Crippen LogP contribution in [0.2, 0.25) is 0 Å². The van der Waals surface area contributed by atoms with E-state index in [9.17, 15) is 21.6 Å². The van der Waals surface area contributed by atoms with Gasteiger partial charge in [-0.05, 0) is 56.6 Å². The van der Waals surface area contributed by atoms with Crippen molar-refractivity contribution < 1.29 is 21.6 Å². The molecule has 10 heteroatoms. The van der Waals surface area contributed by atoms with E-state index >= 15 is 0 Å². The molecule has 2 aromatic rings. The fourth-order valence-corrected chi connectivity index (χ4v) is 6.28. The minimum absolute atomic E-state index is 0.0157. The van der Waals surface area contributed by atoms with Crippen molar-refractivity contribution >= 4 is 31.6 Å². The second-order valence-electron chi connectivity index (χ2n) is 7.89. The molecule has 0 bridgehead atoms. The Morgan fingerprint density at radius 3 is 2.25 bits per heavy atom. The summed E-state index contributed by atoms with van der Waals surface area (Å²) in [5, 5.41) is 2.70. The molecule has 1 amide bonds. The average molecular weight is 480 g/mol. The molecule has 32 heavy (non-hydrogen) atoms. The molecule has 0 aliphatic heterocycles. The molecule has 0 atom stereocenters. The van der Waals surface area contributed by atoms with Crippen LogP contribution < -0.4 is 10.0 Å². The van der Waals surface area contributed by atoms with E-state index in [1.54, 1.807) is 31.2 Å². The van der Waals surface area contributed by atoms with Crippen molar-refractivity contribution in [1.29, 1.82) is 0 Å². The zero-order valence-electron chi connectivity index (χ0n) is 18.2. The molecule has 2 N–H and O–H groups in total. The Morgan fingerprint density at radius 2 is 1.62 bits per heavy atom. The molecule has 0 saturated heterocycles. The van der Waals surface area contributed by atoms with E-state index in [1.807, 2.05) is 0 Å². The SMILES string of the molecule is CNS(=O)(=O)c1ccc(C)c(NC(=O)CN(C2CCCCC2)S(=O)(=O)c2ccccc2)c1. The topological polar surface area (TPSA) is 113 Å². The Labute approximate surface area is 190 Å². The molecule has 1 saturated carbocycles. The van der Waals surface area contributed by atoms with Gasteiger partial charge in [0.2, 0.25) is 26.0 Å². The van der Waals surface area contributed by atoms with Gasteiger partial charge in [0, 0.05) is 11.7 Å². The zero-order valence-corrected chi connectivity index (χ0v) is 19.9. The van der Waals surface area contributed by atoms with Crippen LogP contribution >= 0.6 is 0 Å². The number of sulfonamides is 2. The Hall–Kier alpha value is -2.27. The van der Waals surface area contributed by atoms with E-state index in [-0.39, 0.29) is 22.4 Å². The smallest absolute Gasteiger partial charge is 0.243 e. The van der Waals surface area contributed by atoms with Crippen LogP contribution in [0.1, 0.15) is 37.7 Å². The molecule has 174 valence electrons. The first kappa shape index (κ1) is 24.4. The van der Waals surface area contributed by atoms with Gasteiger partial charge in [-0.15, -0.1) is 0 Å². The molecule has 1 aliphatic rings. The lowest BCUT2D eigenvalue weighted by atomic mass is 9.95. The highest BCUT2D eigenvalue weighted by molar-refractivity contribution is 7.89. The fraction of sp³-hybridized carbons (Fsp3) is 0.409. The number of anilines is 1. The molecule has 8 nitrogen and oxygen atoms in total. The number of hydrogen-bond donors (Lipinski definition) is 2. The summed E-state index contributed by atoms with van der Waals surface area (Å²) in [7, 11) is -6.24. The van der Waals surface area contributed by atoms with Crippen LogP contribution in [0.5, 0.6) is 0 Å². The fourth-order valence-electron chi connectivity index (χ4n) is 3.86. The third-order valence-corrected chi connectivity index (χ3v) is 9.02. The number of nitrogens with zero attached hydrogens (tertiary/aromatic N) is 1. The summed E-state index contributed by atoms with van der Waals surface area (Å²) >= 11 is 0. The molecule has 1 fully saturated rings. The van der Waals surface area contributed by atoms with E-state index in [0.29, 0.717) is 24.1 Å². The number of amides is 1. The molecule has 0 spiro atoms. The van der Waals surface area contributed by atoms with Gasteiger partial charge >= 0.3 is 0 Å². The highest BCUT2D eigenvalue weighted by Crippen LogP contribution is 2.28. The molecule has 0 aromatic heterocycles. The van der Waals surface area contributed by atoms with Gasteiger partial charge < -0.3 is 5.32 Å². The summed E-state index contributed by atoms with van der Waals surface area (Å²) in [6, 6.07) is 12.3. The Balaban J connectivity index is 1.87. The van der Waals surface area contributed by atoms with Crippen molar-refractivity contribution in [2.24, 2.45) is 0 Å². The van der Waals surface area contributed by atoms with Crippen molar-refractivity contribution in [3.05, 3.63) is 54.1 Å². The van der Waals surface area contributed by atoms with Crippen molar-refractivity contribution in [2.75, 3.05) is 18.9 Å². The Bertz CT molecular complexity index is 1160. The zero-order chi connectivity index (χ0) is 23.4. The van der Waals surface area contributed by atoms with Crippen LogP contribution in [0.4, 0.5) is 5.69 Å².